The van der Waals surface area contributed by atoms with Gasteiger partial charge in [0.2, 0.25) is 0 Å². The van der Waals surface area contributed by atoms with Gasteiger partial charge in [-0.1, -0.05) is 41.9 Å². The van der Waals surface area contributed by atoms with Crippen molar-refractivity contribution in [1.29, 1.82) is 0 Å². The molecule has 0 radical (unpaired) electrons. The maximum absolute atomic E-state index is 14.2. The minimum Gasteiger partial charge on any atom is -0.334 e. The molecule has 1 amide bonds. The van der Waals surface area contributed by atoms with Gasteiger partial charge in [-0.15, -0.1) is 0 Å². The number of pyridine rings is 1. The molecule has 0 bridgehead atoms. The molecular weight excluding hydrogens is 391 g/mol. The minimum absolute atomic E-state index is 0.00949. The van der Waals surface area contributed by atoms with Crippen LogP contribution in [0.1, 0.15) is 27.0 Å². The van der Waals surface area contributed by atoms with Gasteiger partial charge >= 0.3 is 0 Å². The van der Waals surface area contributed by atoms with E-state index in [1.807, 2.05) is 36.5 Å². The number of rotatable bonds is 4. The molecule has 2 aromatic carbocycles. The zero-order chi connectivity index (χ0) is 20.4. The molecule has 148 valence electrons. The Morgan fingerprint density at radius 1 is 1.07 bits per heavy atom. The molecule has 4 nitrogen and oxygen atoms in total. The van der Waals surface area contributed by atoms with Crippen LogP contribution in [0.4, 0.5) is 4.39 Å². The molecule has 1 aromatic heterocycles. The van der Waals surface area contributed by atoms with Crippen molar-refractivity contribution in [3.63, 3.8) is 0 Å². The summed E-state index contributed by atoms with van der Waals surface area (Å²) in [6.45, 7) is 1.36. The number of amides is 1. The van der Waals surface area contributed by atoms with Gasteiger partial charge < -0.3 is 9.47 Å². The fraction of sp³-hybridized carbons (Fsp3) is 0.217. The standard InChI is InChI=1S/C23H20ClFN2O2/c24-19-6-7-20(21(25)13-19)23(29)27-11-9-17-12-22(28)26(14-18(17)15-27)10-8-16-4-2-1-3-5-16/h1-7,12-14H,8-11,15H2. The summed E-state index contributed by atoms with van der Waals surface area (Å²) in [5, 5.41) is 0.255. The number of hydrogen-bond acceptors (Lipinski definition) is 2. The lowest BCUT2D eigenvalue weighted by molar-refractivity contribution is 0.0729. The molecule has 0 spiro atoms. The van der Waals surface area contributed by atoms with Crippen molar-refractivity contribution in [1.82, 2.24) is 9.47 Å². The fourth-order valence-electron chi connectivity index (χ4n) is 3.65. The number of fused-ring (bicyclic) bond motifs is 1. The molecule has 29 heavy (non-hydrogen) atoms. The van der Waals surface area contributed by atoms with Crippen molar-refractivity contribution in [3.8, 4) is 0 Å². The topological polar surface area (TPSA) is 42.3 Å². The van der Waals surface area contributed by atoms with E-state index in [2.05, 4.69) is 0 Å². The van der Waals surface area contributed by atoms with Crippen LogP contribution in [-0.2, 0) is 25.9 Å². The van der Waals surface area contributed by atoms with Crippen LogP contribution in [-0.4, -0.2) is 21.9 Å². The monoisotopic (exact) mass is 410 g/mol. The first-order valence-corrected chi connectivity index (χ1v) is 9.89. The van der Waals surface area contributed by atoms with E-state index < -0.39 is 5.82 Å². The third kappa shape index (κ3) is 4.25. The van der Waals surface area contributed by atoms with Crippen LogP contribution in [0, 0.1) is 5.82 Å². The van der Waals surface area contributed by atoms with Crippen LogP contribution in [0.2, 0.25) is 5.02 Å². The lowest BCUT2D eigenvalue weighted by atomic mass is 10.0. The Morgan fingerprint density at radius 2 is 1.86 bits per heavy atom. The second-order valence-corrected chi connectivity index (χ2v) is 7.63. The molecule has 0 saturated heterocycles. The normalized spacial score (nSPS) is 13.2. The van der Waals surface area contributed by atoms with Crippen LogP contribution in [0.3, 0.4) is 0 Å². The first-order valence-electron chi connectivity index (χ1n) is 9.52. The minimum atomic E-state index is -0.624. The molecule has 6 heteroatoms. The van der Waals surface area contributed by atoms with Crippen LogP contribution < -0.4 is 5.56 Å². The fourth-order valence-corrected chi connectivity index (χ4v) is 3.81. The van der Waals surface area contributed by atoms with Gasteiger partial charge in [0, 0.05) is 36.9 Å². The molecule has 0 aliphatic carbocycles. The molecule has 0 atom stereocenters. The largest absolute Gasteiger partial charge is 0.334 e. The van der Waals surface area contributed by atoms with Crippen molar-refractivity contribution in [2.24, 2.45) is 0 Å². The van der Waals surface area contributed by atoms with E-state index in [0.29, 0.717) is 26.1 Å². The van der Waals surface area contributed by atoms with E-state index in [1.54, 1.807) is 15.5 Å². The number of benzene rings is 2. The van der Waals surface area contributed by atoms with Gasteiger partial charge in [0.25, 0.3) is 11.5 Å². The molecule has 3 aromatic rings. The molecule has 4 rings (SSSR count). The quantitative estimate of drug-likeness (QED) is 0.650. The first-order chi connectivity index (χ1) is 14.0. The predicted octanol–water partition coefficient (Wildman–Crippen LogP) is 4.08. The van der Waals surface area contributed by atoms with Gasteiger partial charge in [-0.2, -0.15) is 0 Å². The first kappa shape index (κ1) is 19.4. The number of carbonyl (C=O) groups excluding carboxylic acids is 1. The van der Waals surface area contributed by atoms with Gasteiger partial charge in [-0.05, 0) is 47.7 Å². The summed E-state index contributed by atoms with van der Waals surface area (Å²) >= 11 is 5.78. The SMILES string of the molecule is O=C(c1ccc(Cl)cc1F)N1CCc2cc(=O)n(CCc3ccccc3)cc2C1. The molecule has 0 unspecified atom stereocenters. The van der Waals surface area contributed by atoms with E-state index in [0.717, 1.165) is 29.2 Å². The molecule has 1 aliphatic heterocycles. The number of nitrogens with zero attached hydrogens (tertiary/aromatic N) is 2. The number of aryl methyl sites for hydroxylation is 2. The molecule has 0 N–H and O–H groups in total. The molecule has 1 aliphatic rings. The van der Waals surface area contributed by atoms with Gasteiger partial charge in [0.1, 0.15) is 5.82 Å². The highest BCUT2D eigenvalue weighted by Gasteiger charge is 2.24. The zero-order valence-electron chi connectivity index (χ0n) is 15.8. The van der Waals surface area contributed by atoms with E-state index in [1.165, 1.54) is 12.1 Å². The summed E-state index contributed by atoms with van der Waals surface area (Å²) in [4.78, 5) is 26.8. The van der Waals surface area contributed by atoms with Gasteiger partial charge in [0.15, 0.2) is 0 Å². The average molecular weight is 411 g/mol. The van der Waals surface area contributed by atoms with Crippen molar-refractivity contribution in [2.45, 2.75) is 25.9 Å². The van der Waals surface area contributed by atoms with Crippen molar-refractivity contribution in [2.75, 3.05) is 6.54 Å². The maximum atomic E-state index is 14.2. The van der Waals surface area contributed by atoms with Gasteiger partial charge in [0.05, 0.1) is 5.56 Å². The highest BCUT2D eigenvalue weighted by molar-refractivity contribution is 6.30. The summed E-state index contributed by atoms with van der Waals surface area (Å²) < 4.78 is 15.8. The third-order valence-electron chi connectivity index (χ3n) is 5.25. The molecule has 0 fully saturated rings. The summed E-state index contributed by atoms with van der Waals surface area (Å²) in [7, 11) is 0. The van der Waals surface area contributed by atoms with E-state index in [-0.39, 0.29) is 22.1 Å². The van der Waals surface area contributed by atoms with Gasteiger partial charge in [-0.3, -0.25) is 9.59 Å². The van der Waals surface area contributed by atoms with Crippen molar-refractivity contribution < 1.29 is 9.18 Å². The highest BCUT2D eigenvalue weighted by atomic mass is 35.5. The third-order valence-corrected chi connectivity index (χ3v) is 5.49. The Hall–Kier alpha value is -2.92. The van der Waals surface area contributed by atoms with E-state index in [9.17, 15) is 14.0 Å². The average Bonchev–Trinajstić information content (AvgIpc) is 2.72. The highest BCUT2D eigenvalue weighted by Crippen LogP contribution is 2.22. The van der Waals surface area contributed by atoms with Crippen LogP contribution in [0.25, 0.3) is 0 Å². The van der Waals surface area contributed by atoms with E-state index in [4.69, 9.17) is 11.6 Å². The number of halogens is 2. The van der Waals surface area contributed by atoms with Crippen molar-refractivity contribution in [3.05, 3.63) is 104 Å². The molecular formula is C23H20ClFN2O2. The Morgan fingerprint density at radius 3 is 2.62 bits per heavy atom. The smallest absolute Gasteiger partial charge is 0.257 e. The summed E-state index contributed by atoms with van der Waals surface area (Å²) in [6, 6.07) is 15.7. The molecule has 2 heterocycles. The Kier molecular flexibility index (Phi) is 5.49. The van der Waals surface area contributed by atoms with Crippen LogP contribution in [0.15, 0.2) is 65.6 Å². The number of carbonyl (C=O) groups is 1. The number of aromatic nitrogens is 1. The van der Waals surface area contributed by atoms with E-state index >= 15 is 0 Å². The second kappa shape index (κ2) is 8.21. The van der Waals surface area contributed by atoms with Crippen LogP contribution in [0.5, 0.6) is 0 Å². The maximum Gasteiger partial charge on any atom is 0.257 e. The Balaban J connectivity index is 1.53. The number of hydrogen-bond donors (Lipinski definition) is 0. The lowest BCUT2D eigenvalue weighted by Gasteiger charge is -2.29. The lowest BCUT2D eigenvalue weighted by Crippen LogP contribution is -2.37. The summed E-state index contributed by atoms with van der Waals surface area (Å²) in [5.74, 6) is -0.993. The summed E-state index contributed by atoms with van der Waals surface area (Å²) in [5.41, 5.74) is 3.00. The predicted molar refractivity (Wildman–Crippen MR) is 111 cm³/mol. The Labute approximate surface area is 173 Å². The van der Waals surface area contributed by atoms with Gasteiger partial charge in [-0.25, -0.2) is 4.39 Å². The zero-order valence-corrected chi connectivity index (χ0v) is 16.5. The van der Waals surface area contributed by atoms with Crippen LogP contribution >= 0.6 is 11.6 Å². The second-order valence-electron chi connectivity index (χ2n) is 7.19. The van der Waals surface area contributed by atoms with Crippen molar-refractivity contribution >= 4 is 17.5 Å². The Bertz CT molecular complexity index is 1110. The summed E-state index contributed by atoms with van der Waals surface area (Å²) in [6.07, 6.45) is 3.15. The molecule has 0 saturated carbocycles.